The monoisotopic (exact) mass is 618 g/mol. The van der Waals surface area contributed by atoms with Crippen LogP contribution in [0.1, 0.15) is 42.9 Å². The van der Waals surface area contributed by atoms with Gasteiger partial charge in [0, 0.05) is 54.4 Å². The van der Waals surface area contributed by atoms with Gasteiger partial charge in [0.05, 0.1) is 16.8 Å². The molecule has 0 spiro atoms. The lowest BCUT2D eigenvalue weighted by atomic mass is 9.96. The van der Waals surface area contributed by atoms with Gasteiger partial charge >= 0.3 is 12.2 Å². The largest absolute Gasteiger partial charge is 0.490 e. The topological polar surface area (TPSA) is 122 Å². The average molecular weight is 619 g/mol. The highest BCUT2D eigenvalue weighted by Gasteiger charge is 2.36. The summed E-state index contributed by atoms with van der Waals surface area (Å²) in [6.45, 7) is 1.92. The van der Waals surface area contributed by atoms with Crippen LogP contribution in [0.15, 0.2) is 60.0 Å². The highest BCUT2D eigenvalue weighted by molar-refractivity contribution is 6.14. The van der Waals surface area contributed by atoms with Crippen LogP contribution in [-0.2, 0) is 6.18 Å². The number of nitrogens with two attached hydrogens (primary N) is 1. The third-order valence-electron chi connectivity index (χ3n) is 8.58. The van der Waals surface area contributed by atoms with E-state index in [1.165, 1.54) is 12.1 Å². The second kappa shape index (κ2) is 11.3. The number of carbonyl (C=O) groups excluding carboxylic acids is 1. The lowest BCUT2D eigenvalue weighted by Gasteiger charge is -2.30. The van der Waals surface area contributed by atoms with Crippen molar-refractivity contribution in [3.63, 3.8) is 0 Å². The number of piperidine rings is 1. The maximum Gasteiger partial charge on any atom is 0.420 e. The number of aromatic nitrogens is 2. The van der Waals surface area contributed by atoms with Gasteiger partial charge in [0.1, 0.15) is 30.2 Å². The number of amides is 2. The first kappa shape index (κ1) is 29.0. The Bertz CT molecular complexity index is 1810. The molecular weight excluding hydrogens is 585 g/mol. The van der Waals surface area contributed by atoms with Gasteiger partial charge in [-0.2, -0.15) is 13.2 Å². The second-order valence-corrected chi connectivity index (χ2v) is 11.8. The van der Waals surface area contributed by atoms with Crippen LogP contribution >= 0.6 is 0 Å². The fourth-order valence-electron chi connectivity index (χ4n) is 6.12. The molecule has 0 unspecified atom stereocenters. The molecule has 2 aromatic heterocycles. The summed E-state index contributed by atoms with van der Waals surface area (Å²) < 4.78 is 50.0. The van der Waals surface area contributed by atoms with Gasteiger partial charge in [-0.05, 0) is 74.0 Å². The minimum absolute atomic E-state index is 0.00934. The molecule has 4 aromatic rings. The molecule has 5 N–H and O–H groups in total. The number of nitrogens with zero attached hydrogens (tertiary/aromatic N) is 4. The number of pyridine rings is 1. The molecule has 0 atom stereocenters. The molecule has 7 rings (SSSR count). The molecule has 2 amide bonds. The molecule has 2 aromatic carbocycles. The number of fused-ring (bicyclic) bond motifs is 2. The molecule has 3 aliphatic rings. The summed E-state index contributed by atoms with van der Waals surface area (Å²) in [5.74, 6) is 1.17. The zero-order valence-electron chi connectivity index (χ0n) is 24.6. The van der Waals surface area contributed by atoms with Crippen LogP contribution in [-0.4, -0.2) is 59.2 Å². The first-order valence-corrected chi connectivity index (χ1v) is 15.0. The van der Waals surface area contributed by atoms with E-state index in [2.05, 4.69) is 41.6 Å². The van der Waals surface area contributed by atoms with E-state index in [1.807, 2.05) is 19.2 Å². The molecule has 2 aliphatic heterocycles. The number of hydrogen-bond acceptors (Lipinski definition) is 7. The van der Waals surface area contributed by atoms with Crippen molar-refractivity contribution < 1.29 is 22.7 Å². The van der Waals surface area contributed by atoms with Gasteiger partial charge in [0.25, 0.3) is 0 Å². The van der Waals surface area contributed by atoms with Crippen LogP contribution in [0, 0.1) is 0 Å². The molecule has 1 saturated heterocycles. The summed E-state index contributed by atoms with van der Waals surface area (Å²) in [6.07, 6.45) is 3.93. The zero-order valence-corrected chi connectivity index (χ0v) is 24.6. The molecule has 13 heteroatoms. The lowest BCUT2D eigenvalue weighted by Crippen LogP contribution is -2.36. The average Bonchev–Trinajstić information content (AvgIpc) is 3.79. The zero-order chi connectivity index (χ0) is 31.3. The smallest absolute Gasteiger partial charge is 0.420 e. The maximum atomic E-state index is 14.0. The number of amidine groups is 1. The summed E-state index contributed by atoms with van der Waals surface area (Å²) in [5.41, 5.74) is 8.53. The fourth-order valence-corrected chi connectivity index (χ4v) is 6.12. The second-order valence-electron chi connectivity index (χ2n) is 11.8. The van der Waals surface area contributed by atoms with Gasteiger partial charge in [-0.15, -0.1) is 0 Å². The first-order valence-electron chi connectivity index (χ1n) is 15.0. The number of carbonyl (C=O) groups is 1. The Hall–Kier alpha value is -4.78. The number of halogens is 3. The van der Waals surface area contributed by atoms with Gasteiger partial charge < -0.3 is 35.9 Å². The standard InChI is InChI=1S/C32H33F3N8O2/c1-42-12-9-20(10-13-42)45-27-7-2-18(14-25(27)32(33,34)35)40-31(44)41-26-6-5-21(22-8-11-37-15-23(22)26)24-16-43(19-3-4-19)30-28(24)29(36)38-17-39-30/h2,5-8,11,14-16,19-20,39H,3-4,9-10,12-13,17H2,1H3,(H2,36,38)(H2,40,41,44). The predicted molar refractivity (Wildman–Crippen MR) is 168 cm³/mol. The van der Waals surface area contributed by atoms with Crippen LogP contribution < -0.4 is 26.4 Å². The van der Waals surface area contributed by atoms with E-state index in [4.69, 9.17) is 10.5 Å². The summed E-state index contributed by atoms with van der Waals surface area (Å²) >= 11 is 0. The summed E-state index contributed by atoms with van der Waals surface area (Å²) in [6, 6.07) is 8.81. The van der Waals surface area contributed by atoms with Crippen molar-refractivity contribution in [3.05, 3.63) is 66.1 Å². The minimum Gasteiger partial charge on any atom is -0.490 e. The molecule has 45 heavy (non-hydrogen) atoms. The number of benzene rings is 2. The maximum absolute atomic E-state index is 14.0. The van der Waals surface area contributed by atoms with Crippen molar-refractivity contribution in [3.8, 4) is 16.9 Å². The van der Waals surface area contributed by atoms with E-state index < -0.39 is 17.8 Å². The van der Waals surface area contributed by atoms with Crippen molar-refractivity contribution in [1.29, 1.82) is 0 Å². The van der Waals surface area contributed by atoms with E-state index in [-0.39, 0.29) is 17.5 Å². The van der Waals surface area contributed by atoms with Crippen molar-refractivity contribution in [2.45, 2.75) is 44.0 Å². The number of alkyl halides is 3. The third-order valence-corrected chi connectivity index (χ3v) is 8.58. The van der Waals surface area contributed by atoms with E-state index in [0.29, 0.717) is 42.5 Å². The number of aliphatic imine (C=N–C) groups is 1. The number of anilines is 3. The summed E-state index contributed by atoms with van der Waals surface area (Å²) in [4.78, 5) is 23.9. The Morgan fingerprint density at radius 1 is 1.04 bits per heavy atom. The molecule has 0 bridgehead atoms. The van der Waals surface area contributed by atoms with E-state index in [0.717, 1.165) is 59.9 Å². The van der Waals surface area contributed by atoms with Gasteiger partial charge in [0.2, 0.25) is 0 Å². The van der Waals surface area contributed by atoms with Gasteiger partial charge in [-0.25, -0.2) is 9.79 Å². The SMILES string of the molecule is CN1CCC(Oc2ccc(NC(=O)Nc3ccc(-c4cn(C5CC5)c5c4C(N)=NCN5)c4ccncc34)cc2C(F)(F)F)CC1. The Kier molecular flexibility index (Phi) is 7.27. The molecule has 2 fully saturated rings. The Morgan fingerprint density at radius 2 is 1.84 bits per heavy atom. The Morgan fingerprint density at radius 3 is 2.60 bits per heavy atom. The number of rotatable bonds is 6. The van der Waals surface area contributed by atoms with Gasteiger partial charge in [-0.3, -0.25) is 4.98 Å². The number of hydrogen-bond donors (Lipinski definition) is 4. The summed E-state index contributed by atoms with van der Waals surface area (Å²) in [5, 5.41) is 10.2. The van der Waals surface area contributed by atoms with Gasteiger partial charge in [0.15, 0.2) is 0 Å². The highest BCUT2D eigenvalue weighted by atomic mass is 19.4. The number of ether oxygens (including phenoxy) is 1. The number of likely N-dealkylation sites (tertiary alicyclic amines) is 1. The van der Waals surface area contributed by atoms with Crippen LogP contribution in [0.2, 0.25) is 0 Å². The fraction of sp³-hybridized carbons (Fsp3) is 0.344. The normalized spacial score (nSPS) is 17.4. The van der Waals surface area contributed by atoms with Crippen molar-refractivity contribution in [2.24, 2.45) is 10.7 Å². The Labute approximate surface area is 257 Å². The molecule has 10 nitrogen and oxygen atoms in total. The molecule has 0 radical (unpaired) electrons. The van der Waals surface area contributed by atoms with E-state index in [9.17, 15) is 18.0 Å². The van der Waals surface area contributed by atoms with Crippen molar-refractivity contribution in [2.75, 3.05) is 42.8 Å². The molecular formula is C32H33F3N8O2. The molecule has 1 aliphatic carbocycles. The first-order chi connectivity index (χ1) is 21.7. The third kappa shape index (κ3) is 5.75. The Balaban J connectivity index is 1.14. The van der Waals surface area contributed by atoms with E-state index >= 15 is 0 Å². The molecule has 1 saturated carbocycles. The van der Waals surface area contributed by atoms with E-state index in [1.54, 1.807) is 18.5 Å². The van der Waals surface area contributed by atoms with Crippen molar-refractivity contribution >= 4 is 39.8 Å². The quantitative estimate of drug-likeness (QED) is 0.202. The number of nitrogens with one attached hydrogen (secondary N) is 3. The van der Waals surface area contributed by atoms with Gasteiger partial charge in [-0.1, -0.05) is 6.07 Å². The summed E-state index contributed by atoms with van der Waals surface area (Å²) in [7, 11) is 1.97. The highest BCUT2D eigenvalue weighted by Crippen LogP contribution is 2.45. The molecule has 4 heterocycles. The predicted octanol–water partition coefficient (Wildman–Crippen LogP) is 6.26. The lowest BCUT2D eigenvalue weighted by molar-refractivity contribution is -0.139. The van der Waals surface area contributed by atoms with Crippen LogP contribution in [0.3, 0.4) is 0 Å². The van der Waals surface area contributed by atoms with Crippen molar-refractivity contribution in [1.82, 2.24) is 14.5 Å². The van der Waals surface area contributed by atoms with Crippen LogP contribution in [0.4, 0.5) is 35.2 Å². The minimum atomic E-state index is -4.66. The molecule has 234 valence electrons. The van der Waals surface area contributed by atoms with Crippen LogP contribution in [0.25, 0.3) is 21.9 Å². The van der Waals surface area contributed by atoms with Crippen LogP contribution in [0.5, 0.6) is 5.75 Å². The number of urea groups is 1.